The minimum atomic E-state index is -2.45. The number of hydrogen-bond donors (Lipinski definition) is 6. The molecule has 0 aliphatic carbocycles. The van der Waals surface area contributed by atoms with Crippen molar-refractivity contribution in [3.05, 3.63) is 0 Å². The molecule has 1 saturated heterocycles. The van der Waals surface area contributed by atoms with Gasteiger partial charge < -0.3 is 30.3 Å². The van der Waals surface area contributed by atoms with Crippen LogP contribution in [0.2, 0.25) is 0 Å². The number of ether oxygens (including phenoxy) is 1. The van der Waals surface area contributed by atoms with Crippen LogP contribution in [0.25, 0.3) is 0 Å². The Morgan fingerprint density at radius 1 is 1.23 bits per heavy atom. The summed E-state index contributed by atoms with van der Waals surface area (Å²) in [6.45, 7) is -0.621. The molecule has 0 bridgehead atoms. The predicted octanol–water partition coefficient (Wildman–Crippen LogP) is -3.94. The van der Waals surface area contributed by atoms with E-state index in [-0.39, 0.29) is 0 Å². The van der Waals surface area contributed by atoms with Crippen molar-refractivity contribution in [2.75, 3.05) is 6.61 Å². The Morgan fingerprint density at radius 3 is 2.23 bits per heavy atom. The van der Waals surface area contributed by atoms with Crippen LogP contribution in [0.4, 0.5) is 0 Å². The highest BCUT2D eigenvalue weighted by molar-refractivity contribution is 4.92. The van der Waals surface area contributed by atoms with Crippen molar-refractivity contribution in [1.29, 1.82) is 0 Å². The van der Waals surface area contributed by atoms with Gasteiger partial charge in [-0.3, -0.25) is 5.73 Å². The lowest BCUT2D eigenvalue weighted by molar-refractivity contribution is -0.346. The summed E-state index contributed by atoms with van der Waals surface area (Å²) < 4.78 is 4.54. The lowest BCUT2D eigenvalue weighted by atomic mass is 9.97. The highest BCUT2D eigenvalue weighted by Crippen LogP contribution is 2.23. The van der Waals surface area contributed by atoms with Gasteiger partial charge in [0.25, 0.3) is 5.91 Å². The first-order valence-corrected chi connectivity index (χ1v) is 3.74. The zero-order valence-corrected chi connectivity index (χ0v) is 6.74. The van der Waals surface area contributed by atoms with E-state index in [2.05, 4.69) is 4.74 Å². The second-order valence-electron chi connectivity index (χ2n) is 3.02. The van der Waals surface area contributed by atoms with Crippen LogP contribution < -0.4 is 5.73 Å². The van der Waals surface area contributed by atoms with Crippen molar-refractivity contribution < 1.29 is 30.3 Å². The fraction of sp³-hybridized carbons (Fsp3) is 1.00. The first-order chi connectivity index (χ1) is 5.90. The molecule has 7 N–H and O–H groups in total. The summed E-state index contributed by atoms with van der Waals surface area (Å²) >= 11 is 0. The highest BCUT2D eigenvalue weighted by Gasteiger charge is 2.50. The third-order valence-corrected chi connectivity index (χ3v) is 2.00. The maximum absolute atomic E-state index is 9.18. The molecule has 0 aromatic rings. The number of nitrogens with two attached hydrogens (primary N) is 1. The average Bonchev–Trinajstić information content (AvgIpc) is 2.08. The van der Waals surface area contributed by atoms with Crippen molar-refractivity contribution in [3.8, 4) is 0 Å². The average molecular weight is 195 g/mol. The molecule has 0 aromatic carbocycles. The molecule has 0 saturated carbocycles. The Labute approximate surface area is 74.0 Å². The largest absolute Gasteiger partial charge is 0.394 e. The van der Waals surface area contributed by atoms with Gasteiger partial charge in [-0.1, -0.05) is 0 Å². The van der Waals surface area contributed by atoms with Gasteiger partial charge in [-0.2, -0.15) is 0 Å². The Kier molecular flexibility index (Phi) is 2.88. The van der Waals surface area contributed by atoms with Gasteiger partial charge in [0.05, 0.1) is 6.61 Å². The summed E-state index contributed by atoms with van der Waals surface area (Å²) in [4.78, 5) is 0. The maximum atomic E-state index is 9.18. The molecular formula is C6H13NO6. The molecule has 78 valence electrons. The van der Waals surface area contributed by atoms with Crippen LogP contribution in [0.1, 0.15) is 0 Å². The molecule has 0 spiro atoms. The van der Waals surface area contributed by atoms with Gasteiger partial charge in [-0.05, 0) is 0 Å². The summed E-state index contributed by atoms with van der Waals surface area (Å²) in [5.41, 5.74) is 5.04. The van der Waals surface area contributed by atoms with E-state index in [9.17, 15) is 5.11 Å². The first-order valence-electron chi connectivity index (χ1n) is 3.74. The lowest BCUT2D eigenvalue weighted by Gasteiger charge is -2.42. The third kappa shape index (κ3) is 1.81. The van der Waals surface area contributed by atoms with E-state index >= 15 is 0 Å². The van der Waals surface area contributed by atoms with Crippen molar-refractivity contribution in [2.24, 2.45) is 5.73 Å². The summed E-state index contributed by atoms with van der Waals surface area (Å²) in [7, 11) is 0. The molecule has 7 heteroatoms. The van der Waals surface area contributed by atoms with Crippen LogP contribution in [0.5, 0.6) is 0 Å². The summed E-state index contributed by atoms with van der Waals surface area (Å²) in [6, 6.07) is 0. The summed E-state index contributed by atoms with van der Waals surface area (Å²) in [6.07, 6.45) is -6.16. The first kappa shape index (κ1) is 10.8. The fourth-order valence-corrected chi connectivity index (χ4v) is 1.18. The van der Waals surface area contributed by atoms with Crippen LogP contribution in [-0.4, -0.2) is 62.5 Å². The molecule has 1 heterocycles. The predicted molar refractivity (Wildman–Crippen MR) is 39.1 cm³/mol. The Bertz CT molecular complexity index is 184. The maximum Gasteiger partial charge on any atom is 0.252 e. The second-order valence-corrected chi connectivity index (χ2v) is 3.02. The molecule has 5 atom stereocenters. The minimum Gasteiger partial charge on any atom is -0.394 e. The molecule has 7 nitrogen and oxygen atoms in total. The molecular weight excluding hydrogens is 182 g/mol. The van der Waals surface area contributed by atoms with Gasteiger partial charge in [-0.15, -0.1) is 0 Å². The standard InChI is InChI=1S/C6H13NO6/c7-6(12)5(11)4(10)3(9)2(1-8)13-6/h2-5,8-12H,1,7H2/t2-,3+,4+,5-,6+/m0/s1. The van der Waals surface area contributed by atoms with Crippen LogP contribution in [0.3, 0.4) is 0 Å². The van der Waals surface area contributed by atoms with Gasteiger partial charge in [0.1, 0.15) is 18.3 Å². The van der Waals surface area contributed by atoms with E-state index in [1.165, 1.54) is 0 Å². The van der Waals surface area contributed by atoms with Crippen molar-refractivity contribution >= 4 is 0 Å². The van der Waals surface area contributed by atoms with Gasteiger partial charge in [0.2, 0.25) is 0 Å². The molecule has 0 amide bonds. The molecule has 1 rings (SSSR count). The van der Waals surface area contributed by atoms with E-state index in [0.717, 1.165) is 0 Å². The smallest absolute Gasteiger partial charge is 0.252 e. The zero-order chi connectivity index (χ0) is 10.2. The molecule has 0 unspecified atom stereocenters. The van der Waals surface area contributed by atoms with Crippen LogP contribution in [-0.2, 0) is 4.74 Å². The Hall–Kier alpha value is -0.280. The van der Waals surface area contributed by atoms with E-state index in [1.807, 2.05) is 0 Å². The normalized spacial score (nSPS) is 52.2. The van der Waals surface area contributed by atoms with Gasteiger partial charge in [0.15, 0.2) is 6.10 Å². The Morgan fingerprint density at radius 2 is 1.77 bits per heavy atom. The number of rotatable bonds is 1. The Balaban J connectivity index is 2.79. The second kappa shape index (κ2) is 3.46. The zero-order valence-electron chi connectivity index (χ0n) is 6.74. The molecule has 1 aliphatic rings. The lowest BCUT2D eigenvalue weighted by Crippen LogP contribution is -2.69. The van der Waals surface area contributed by atoms with Gasteiger partial charge in [-0.25, -0.2) is 0 Å². The highest BCUT2D eigenvalue weighted by atomic mass is 16.7. The van der Waals surface area contributed by atoms with Crippen molar-refractivity contribution in [2.45, 2.75) is 30.3 Å². The number of aliphatic hydroxyl groups is 5. The van der Waals surface area contributed by atoms with E-state index in [0.29, 0.717) is 0 Å². The molecule has 1 fully saturated rings. The molecule has 1 aliphatic heterocycles. The molecule has 0 aromatic heterocycles. The minimum absolute atomic E-state index is 0.621. The molecule has 0 radical (unpaired) electrons. The van der Waals surface area contributed by atoms with Crippen LogP contribution in [0.15, 0.2) is 0 Å². The van der Waals surface area contributed by atoms with E-state index < -0.39 is 36.9 Å². The van der Waals surface area contributed by atoms with Crippen molar-refractivity contribution in [3.63, 3.8) is 0 Å². The monoisotopic (exact) mass is 195 g/mol. The summed E-state index contributed by atoms with van der Waals surface area (Å²) in [5, 5.41) is 45.2. The number of hydrogen-bond acceptors (Lipinski definition) is 7. The van der Waals surface area contributed by atoms with Crippen molar-refractivity contribution in [1.82, 2.24) is 0 Å². The topological polar surface area (TPSA) is 136 Å². The van der Waals surface area contributed by atoms with Crippen LogP contribution >= 0.6 is 0 Å². The SMILES string of the molecule is N[C@]1(O)O[C@@H](CO)[C@@H](O)[C@@H](O)[C@@H]1O. The van der Waals surface area contributed by atoms with Gasteiger partial charge >= 0.3 is 0 Å². The van der Waals surface area contributed by atoms with Crippen LogP contribution in [0, 0.1) is 0 Å². The van der Waals surface area contributed by atoms with E-state index in [4.69, 9.17) is 26.2 Å². The summed E-state index contributed by atoms with van der Waals surface area (Å²) in [5.74, 6) is -2.45. The third-order valence-electron chi connectivity index (χ3n) is 2.00. The fourth-order valence-electron chi connectivity index (χ4n) is 1.18. The number of aliphatic hydroxyl groups excluding tert-OH is 4. The van der Waals surface area contributed by atoms with Gasteiger partial charge in [0, 0.05) is 0 Å². The van der Waals surface area contributed by atoms with E-state index in [1.54, 1.807) is 0 Å². The molecule has 13 heavy (non-hydrogen) atoms. The quantitative estimate of drug-likeness (QED) is 0.235.